The second-order valence-corrected chi connectivity index (χ2v) is 3.97. The van der Waals surface area contributed by atoms with E-state index < -0.39 is 0 Å². The van der Waals surface area contributed by atoms with Gasteiger partial charge in [0.2, 0.25) is 0 Å². The van der Waals surface area contributed by atoms with Crippen molar-refractivity contribution in [3.8, 4) is 0 Å². The van der Waals surface area contributed by atoms with E-state index in [2.05, 4.69) is 36.7 Å². The molecule has 0 aliphatic rings. The van der Waals surface area contributed by atoms with Gasteiger partial charge in [-0.2, -0.15) is 0 Å². The Bertz CT molecular complexity index is 331. The van der Waals surface area contributed by atoms with Gasteiger partial charge in [0.05, 0.1) is 13.1 Å². The molecule has 3 nitrogen and oxygen atoms in total. The summed E-state index contributed by atoms with van der Waals surface area (Å²) in [4.78, 5) is 2.29. The van der Waals surface area contributed by atoms with Crippen molar-refractivity contribution in [2.45, 2.75) is 26.9 Å². The molecule has 0 aliphatic heterocycles. The van der Waals surface area contributed by atoms with Crippen LogP contribution in [0.15, 0.2) is 23.1 Å². The zero-order valence-corrected chi connectivity index (χ0v) is 10.5. The summed E-state index contributed by atoms with van der Waals surface area (Å²) in [5, 5.41) is 3.11. The lowest BCUT2D eigenvalue weighted by molar-refractivity contribution is 0.277. The third-order valence-electron chi connectivity index (χ3n) is 2.62. The van der Waals surface area contributed by atoms with Crippen molar-refractivity contribution in [3.05, 3.63) is 35.8 Å². The Morgan fingerprint density at radius 1 is 1.56 bits per heavy atom. The van der Waals surface area contributed by atoms with E-state index in [1.807, 2.05) is 13.1 Å². The van der Waals surface area contributed by atoms with Crippen molar-refractivity contribution in [1.29, 1.82) is 0 Å². The fourth-order valence-corrected chi connectivity index (χ4v) is 1.71. The van der Waals surface area contributed by atoms with Crippen molar-refractivity contribution in [2.75, 3.05) is 20.1 Å². The summed E-state index contributed by atoms with van der Waals surface area (Å²) in [5.41, 5.74) is 1.22. The highest BCUT2D eigenvalue weighted by molar-refractivity contribution is 5.20. The topological polar surface area (TPSA) is 28.4 Å². The molecule has 0 aliphatic carbocycles. The number of nitrogens with zero attached hydrogens (tertiary/aromatic N) is 1. The van der Waals surface area contributed by atoms with E-state index in [1.54, 1.807) is 0 Å². The van der Waals surface area contributed by atoms with E-state index in [0.29, 0.717) is 0 Å². The third-order valence-corrected chi connectivity index (χ3v) is 2.62. The van der Waals surface area contributed by atoms with Crippen LogP contribution in [0.2, 0.25) is 0 Å². The number of likely N-dealkylation sites (N-methyl/N-ethyl adjacent to an activating group) is 1. The smallest absolute Gasteiger partial charge is 0.120 e. The highest BCUT2D eigenvalue weighted by Crippen LogP contribution is 2.16. The Hall–Kier alpha value is -1.06. The summed E-state index contributed by atoms with van der Waals surface area (Å²) in [5.74, 6) is 2.07. The van der Waals surface area contributed by atoms with Gasteiger partial charge in [0.25, 0.3) is 0 Å². The van der Waals surface area contributed by atoms with E-state index in [1.165, 1.54) is 5.56 Å². The number of aryl methyl sites for hydroxylation is 1. The second kappa shape index (κ2) is 6.51. The monoisotopic (exact) mass is 222 g/mol. The minimum Gasteiger partial charge on any atom is -0.463 e. The molecule has 0 fully saturated rings. The summed E-state index contributed by atoms with van der Waals surface area (Å²) in [7, 11) is 1.93. The SMILES string of the molecule is C=CCN(CC)Cc1cc(C)c(CNC)o1. The van der Waals surface area contributed by atoms with Crippen LogP contribution in [0.5, 0.6) is 0 Å². The van der Waals surface area contributed by atoms with E-state index >= 15 is 0 Å². The first-order valence-electron chi connectivity index (χ1n) is 5.77. The zero-order valence-electron chi connectivity index (χ0n) is 10.5. The first kappa shape index (κ1) is 13.0. The molecule has 16 heavy (non-hydrogen) atoms. The predicted molar refractivity (Wildman–Crippen MR) is 67.4 cm³/mol. The lowest BCUT2D eigenvalue weighted by atomic mass is 10.2. The molecule has 1 rings (SSSR count). The molecule has 0 bridgehead atoms. The summed E-state index contributed by atoms with van der Waals surface area (Å²) in [6.45, 7) is 11.5. The van der Waals surface area contributed by atoms with Gasteiger partial charge in [-0.05, 0) is 32.1 Å². The molecular formula is C13H22N2O. The van der Waals surface area contributed by atoms with Gasteiger partial charge in [-0.15, -0.1) is 6.58 Å². The number of hydrogen-bond donors (Lipinski definition) is 1. The van der Waals surface area contributed by atoms with Crippen LogP contribution in [-0.4, -0.2) is 25.0 Å². The Morgan fingerprint density at radius 3 is 2.88 bits per heavy atom. The summed E-state index contributed by atoms with van der Waals surface area (Å²) < 4.78 is 5.80. The Labute approximate surface area is 98.1 Å². The first-order chi connectivity index (χ1) is 7.71. The molecule has 0 saturated carbocycles. The van der Waals surface area contributed by atoms with Crippen LogP contribution in [0.4, 0.5) is 0 Å². The average molecular weight is 222 g/mol. The lowest BCUT2D eigenvalue weighted by Crippen LogP contribution is -2.22. The first-order valence-corrected chi connectivity index (χ1v) is 5.77. The molecule has 1 heterocycles. The van der Waals surface area contributed by atoms with Gasteiger partial charge >= 0.3 is 0 Å². The maximum absolute atomic E-state index is 5.80. The van der Waals surface area contributed by atoms with Crippen LogP contribution in [0.25, 0.3) is 0 Å². The quantitative estimate of drug-likeness (QED) is 0.718. The second-order valence-electron chi connectivity index (χ2n) is 3.97. The molecule has 0 unspecified atom stereocenters. The minimum atomic E-state index is 0.791. The fourth-order valence-electron chi connectivity index (χ4n) is 1.71. The van der Waals surface area contributed by atoms with Crippen LogP contribution in [0, 0.1) is 6.92 Å². The summed E-state index contributed by atoms with van der Waals surface area (Å²) in [6, 6.07) is 2.12. The molecule has 0 spiro atoms. The molecule has 1 N–H and O–H groups in total. The van der Waals surface area contributed by atoms with Crippen molar-refractivity contribution in [1.82, 2.24) is 10.2 Å². The predicted octanol–water partition coefficient (Wildman–Crippen LogP) is 2.32. The van der Waals surface area contributed by atoms with Gasteiger partial charge in [0, 0.05) is 6.54 Å². The fraction of sp³-hybridized carbons (Fsp3) is 0.538. The van der Waals surface area contributed by atoms with Gasteiger partial charge in [0.1, 0.15) is 11.5 Å². The average Bonchev–Trinajstić information content (AvgIpc) is 2.59. The van der Waals surface area contributed by atoms with Crippen molar-refractivity contribution < 1.29 is 4.42 Å². The normalized spacial score (nSPS) is 11.0. The molecular weight excluding hydrogens is 200 g/mol. The van der Waals surface area contributed by atoms with Crippen molar-refractivity contribution >= 4 is 0 Å². The Kier molecular flexibility index (Phi) is 5.29. The highest BCUT2D eigenvalue weighted by Gasteiger charge is 2.09. The van der Waals surface area contributed by atoms with Crippen LogP contribution >= 0.6 is 0 Å². The minimum absolute atomic E-state index is 0.791. The summed E-state index contributed by atoms with van der Waals surface area (Å²) in [6.07, 6.45) is 1.92. The number of rotatable bonds is 7. The zero-order chi connectivity index (χ0) is 12.0. The van der Waals surface area contributed by atoms with Gasteiger partial charge in [-0.3, -0.25) is 4.90 Å². The molecule has 0 saturated heterocycles. The molecule has 90 valence electrons. The van der Waals surface area contributed by atoms with Crippen LogP contribution in [0.1, 0.15) is 24.0 Å². The number of furan rings is 1. The molecule has 0 atom stereocenters. The maximum Gasteiger partial charge on any atom is 0.120 e. The maximum atomic E-state index is 5.80. The van der Waals surface area contributed by atoms with Crippen LogP contribution in [-0.2, 0) is 13.1 Å². The molecule has 0 amide bonds. The van der Waals surface area contributed by atoms with Crippen molar-refractivity contribution in [3.63, 3.8) is 0 Å². The third kappa shape index (κ3) is 3.51. The van der Waals surface area contributed by atoms with Gasteiger partial charge in [0.15, 0.2) is 0 Å². The molecule has 0 aromatic carbocycles. The van der Waals surface area contributed by atoms with Gasteiger partial charge < -0.3 is 9.73 Å². The largest absolute Gasteiger partial charge is 0.463 e. The van der Waals surface area contributed by atoms with E-state index in [4.69, 9.17) is 4.42 Å². The van der Waals surface area contributed by atoms with E-state index in [9.17, 15) is 0 Å². The van der Waals surface area contributed by atoms with Crippen LogP contribution < -0.4 is 5.32 Å². The van der Waals surface area contributed by atoms with Gasteiger partial charge in [-0.1, -0.05) is 13.0 Å². The molecule has 1 aromatic rings. The van der Waals surface area contributed by atoms with E-state index in [0.717, 1.165) is 37.7 Å². The van der Waals surface area contributed by atoms with E-state index in [-0.39, 0.29) is 0 Å². The summed E-state index contributed by atoms with van der Waals surface area (Å²) >= 11 is 0. The van der Waals surface area contributed by atoms with Crippen molar-refractivity contribution in [2.24, 2.45) is 0 Å². The molecule has 0 radical (unpaired) electrons. The highest BCUT2D eigenvalue weighted by atomic mass is 16.3. The number of hydrogen-bond acceptors (Lipinski definition) is 3. The standard InChI is InChI=1S/C13H22N2O/c1-5-7-15(6-2)10-12-8-11(3)13(16-12)9-14-4/h5,8,14H,1,6-7,9-10H2,2-4H3. The number of nitrogens with one attached hydrogen (secondary N) is 1. The van der Waals surface area contributed by atoms with Crippen LogP contribution in [0.3, 0.4) is 0 Å². The Morgan fingerprint density at radius 2 is 2.31 bits per heavy atom. The Balaban J connectivity index is 2.65. The lowest BCUT2D eigenvalue weighted by Gasteiger charge is -2.16. The van der Waals surface area contributed by atoms with Gasteiger partial charge in [-0.25, -0.2) is 0 Å². The molecule has 1 aromatic heterocycles. The molecule has 3 heteroatoms.